The molecule has 0 amide bonds. The molecule has 0 spiro atoms. The van der Waals surface area contributed by atoms with E-state index in [-0.39, 0.29) is 5.92 Å². The standard InChI is InChI=1S/C21H20O/c1-14-6-5-9-16(12-14)19-17-10-11-18(13-17)20(19)21(22)15-7-3-2-4-8-15/h2-12,17-20H,13H2,1H3. The largest absolute Gasteiger partial charge is 0.294 e. The number of fused-ring (bicyclic) bond motifs is 2. The van der Waals surface area contributed by atoms with Crippen molar-refractivity contribution in [2.24, 2.45) is 17.8 Å². The fraction of sp³-hybridized carbons (Fsp3) is 0.286. The molecule has 2 aliphatic rings. The first kappa shape index (κ1) is 13.5. The van der Waals surface area contributed by atoms with Crippen LogP contribution in [0, 0.1) is 24.7 Å². The maximum absolute atomic E-state index is 13.1. The zero-order valence-corrected chi connectivity index (χ0v) is 12.8. The van der Waals surface area contributed by atoms with Crippen molar-refractivity contribution in [2.75, 3.05) is 0 Å². The summed E-state index contributed by atoms with van der Waals surface area (Å²) in [4.78, 5) is 13.1. The molecular weight excluding hydrogens is 268 g/mol. The van der Waals surface area contributed by atoms with Crippen LogP contribution in [-0.2, 0) is 0 Å². The highest BCUT2D eigenvalue weighted by molar-refractivity contribution is 5.99. The second-order valence-electron chi connectivity index (χ2n) is 6.64. The van der Waals surface area contributed by atoms with E-state index in [9.17, 15) is 4.79 Å². The highest BCUT2D eigenvalue weighted by Gasteiger charge is 2.48. The fourth-order valence-electron chi connectivity index (χ4n) is 4.31. The average Bonchev–Trinajstić information content (AvgIpc) is 3.16. The normalized spacial score (nSPS) is 29.0. The number of benzene rings is 2. The van der Waals surface area contributed by atoms with E-state index in [1.165, 1.54) is 11.1 Å². The van der Waals surface area contributed by atoms with Crippen molar-refractivity contribution >= 4 is 5.78 Å². The minimum absolute atomic E-state index is 0.0965. The summed E-state index contributed by atoms with van der Waals surface area (Å²) in [5, 5.41) is 0. The second kappa shape index (κ2) is 5.24. The summed E-state index contributed by atoms with van der Waals surface area (Å²) in [6.07, 6.45) is 5.72. The van der Waals surface area contributed by atoms with Gasteiger partial charge < -0.3 is 0 Å². The number of carbonyl (C=O) groups excluding carboxylic acids is 1. The highest BCUT2D eigenvalue weighted by atomic mass is 16.1. The first-order valence-electron chi connectivity index (χ1n) is 8.08. The first-order valence-corrected chi connectivity index (χ1v) is 8.08. The van der Waals surface area contributed by atoms with Crippen LogP contribution in [0.4, 0.5) is 0 Å². The molecular formula is C21H20O. The summed E-state index contributed by atoms with van der Waals surface area (Å²) in [6, 6.07) is 18.5. The van der Waals surface area contributed by atoms with E-state index in [0.29, 0.717) is 23.5 Å². The van der Waals surface area contributed by atoms with Crippen LogP contribution in [0.25, 0.3) is 0 Å². The molecule has 2 bridgehead atoms. The van der Waals surface area contributed by atoms with Gasteiger partial charge in [-0.15, -0.1) is 0 Å². The molecule has 4 unspecified atom stereocenters. The summed E-state index contributed by atoms with van der Waals surface area (Å²) in [5.74, 6) is 1.67. The van der Waals surface area contributed by atoms with E-state index in [1.54, 1.807) is 0 Å². The molecule has 22 heavy (non-hydrogen) atoms. The smallest absolute Gasteiger partial charge is 0.167 e. The Morgan fingerprint density at radius 3 is 2.50 bits per heavy atom. The molecule has 2 aromatic carbocycles. The molecule has 0 radical (unpaired) electrons. The number of hydrogen-bond donors (Lipinski definition) is 0. The number of aryl methyl sites for hydroxylation is 1. The topological polar surface area (TPSA) is 17.1 Å². The van der Waals surface area contributed by atoms with Crippen LogP contribution in [0.2, 0.25) is 0 Å². The Labute approximate surface area is 131 Å². The lowest BCUT2D eigenvalue weighted by Crippen LogP contribution is -2.26. The quantitative estimate of drug-likeness (QED) is 0.586. The summed E-state index contributed by atoms with van der Waals surface area (Å²) in [7, 11) is 0. The second-order valence-corrected chi connectivity index (χ2v) is 6.64. The van der Waals surface area contributed by atoms with Crippen molar-refractivity contribution in [3.63, 3.8) is 0 Å². The van der Waals surface area contributed by atoms with Gasteiger partial charge in [0.15, 0.2) is 5.78 Å². The van der Waals surface area contributed by atoms with Gasteiger partial charge in [0.1, 0.15) is 0 Å². The van der Waals surface area contributed by atoms with Crippen molar-refractivity contribution in [2.45, 2.75) is 19.3 Å². The lowest BCUT2D eigenvalue weighted by molar-refractivity contribution is 0.0887. The van der Waals surface area contributed by atoms with Crippen molar-refractivity contribution in [1.82, 2.24) is 0 Å². The van der Waals surface area contributed by atoms with Crippen LogP contribution in [0.3, 0.4) is 0 Å². The molecule has 0 saturated heterocycles. The Kier molecular flexibility index (Phi) is 3.22. The van der Waals surface area contributed by atoms with Gasteiger partial charge >= 0.3 is 0 Å². The predicted molar refractivity (Wildman–Crippen MR) is 88.9 cm³/mol. The highest BCUT2D eigenvalue weighted by Crippen LogP contribution is 2.54. The molecule has 1 saturated carbocycles. The zero-order chi connectivity index (χ0) is 15.1. The third-order valence-electron chi connectivity index (χ3n) is 5.25. The Morgan fingerprint density at radius 2 is 1.73 bits per heavy atom. The Bertz CT molecular complexity index is 729. The summed E-state index contributed by atoms with van der Waals surface area (Å²) in [6.45, 7) is 2.13. The Morgan fingerprint density at radius 1 is 0.955 bits per heavy atom. The van der Waals surface area contributed by atoms with Gasteiger partial charge in [-0.25, -0.2) is 0 Å². The first-order chi connectivity index (χ1) is 10.7. The number of allylic oxidation sites excluding steroid dienone is 2. The molecule has 0 N–H and O–H groups in total. The molecule has 4 rings (SSSR count). The summed E-state index contributed by atoms with van der Waals surface area (Å²) >= 11 is 0. The van der Waals surface area contributed by atoms with E-state index >= 15 is 0 Å². The Hall–Kier alpha value is -2.15. The van der Waals surface area contributed by atoms with Crippen molar-refractivity contribution < 1.29 is 4.79 Å². The average molecular weight is 288 g/mol. The SMILES string of the molecule is Cc1cccc(C2C3C=CC(C3)C2C(=O)c2ccccc2)c1. The van der Waals surface area contributed by atoms with Gasteiger partial charge in [-0.2, -0.15) is 0 Å². The van der Waals surface area contributed by atoms with Gasteiger partial charge in [-0.3, -0.25) is 4.79 Å². The minimum Gasteiger partial charge on any atom is -0.294 e. The summed E-state index contributed by atoms with van der Waals surface area (Å²) in [5.41, 5.74) is 3.45. The molecule has 0 heterocycles. The molecule has 0 aliphatic heterocycles. The van der Waals surface area contributed by atoms with E-state index in [0.717, 1.165) is 12.0 Å². The third-order valence-corrected chi connectivity index (χ3v) is 5.25. The van der Waals surface area contributed by atoms with Crippen LogP contribution < -0.4 is 0 Å². The summed E-state index contributed by atoms with van der Waals surface area (Å²) < 4.78 is 0. The molecule has 2 aromatic rings. The lowest BCUT2D eigenvalue weighted by atomic mass is 9.75. The zero-order valence-electron chi connectivity index (χ0n) is 12.8. The van der Waals surface area contributed by atoms with E-state index in [4.69, 9.17) is 0 Å². The van der Waals surface area contributed by atoms with Crippen LogP contribution in [0.15, 0.2) is 66.7 Å². The fourth-order valence-corrected chi connectivity index (χ4v) is 4.31. The lowest BCUT2D eigenvalue weighted by Gasteiger charge is -2.27. The maximum Gasteiger partial charge on any atom is 0.167 e. The van der Waals surface area contributed by atoms with Crippen LogP contribution >= 0.6 is 0 Å². The third kappa shape index (κ3) is 2.12. The van der Waals surface area contributed by atoms with Gasteiger partial charge in [0, 0.05) is 17.4 Å². The van der Waals surface area contributed by atoms with E-state index in [1.807, 2.05) is 30.3 Å². The van der Waals surface area contributed by atoms with Crippen molar-refractivity contribution in [1.29, 1.82) is 0 Å². The molecule has 1 fully saturated rings. The number of hydrogen-bond acceptors (Lipinski definition) is 1. The van der Waals surface area contributed by atoms with Crippen LogP contribution in [-0.4, -0.2) is 5.78 Å². The van der Waals surface area contributed by atoms with Gasteiger partial charge in [-0.05, 0) is 30.7 Å². The predicted octanol–water partition coefficient (Wildman–Crippen LogP) is 4.78. The Balaban J connectivity index is 1.74. The molecule has 4 atom stereocenters. The molecule has 2 aliphatic carbocycles. The number of Topliss-reactive ketones (excluding diaryl/α,β-unsaturated/α-hetero) is 1. The molecule has 1 heteroatoms. The van der Waals surface area contributed by atoms with Gasteiger partial charge in [0.2, 0.25) is 0 Å². The van der Waals surface area contributed by atoms with Crippen LogP contribution in [0.1, 0.15) is 33.8 Å². The van der Waals surface area contributed by atoms with Crippen LogP contribution in [0.5, 0.6) is 0 Å². The maximum atomic E-state index is 13.1. The minimum atomic E-state index is 0.0965. The number of ketones is 1. The van der Waals surface area contributed by atoms with Crippen molar-refractivity contribution in [3.8, 4) is 0 Å². The monoisotopic (exact) mass is 288 g/mol. The van der Waals surface area contributed by atoms with Gasteiger partial charge in [-0.1, -0.05) is 72.3 Å². The van der Waals surface area contributed by atoms with E-state index in [2.05, 4.69) is 43.3 Å². The van der Waals surface area contributed by atoms with Gasteiger partial charge in [0.25, 0.3) is 0 Å². The molecule has 0 aromatic heterocycles. The number of rotatable bonds is 3. The molecule has 1 nitrogen and oxygen atoms in total. The van der Waals surface area contributed by atoms with Gasteiger partial charge in [0.05, 0.1) is 0 Å². The van der Waals surface area contributed by atoms with Crippen molar-refractivity contribution in [3.05, 3.63) is 83.4 Å². The molecule has 110 valence electrons. The van der Waals surface area contributed by atoms with E-state index < -0.39 is 0 Å². The number of carbonyl (C=O) groups is 1.